The van der Waals surface area contributed by atoms with Crippen LogP contribution in [0.1, 0.15) is 32.8 Å². The van der Waals surface area contributed by atoms with Gasteiger partial charge in [-0.1, -0.05) is 26.8 Å². The average molecular weight is 265 g/mol. The highest BCUT2D eigenvalue weighted by molar-refractivity contribution is 5.43. The van der Waals surface area contributed by atoms with E-state index < -0.39 is 0 Å². The Morgan fingerprint density at radius 2 is 1.74 bits per heavy atom. The van der Waals surface area contributed by atoms with Crippen LogP contribution >= 0.6 is 0 Å². The number of likely N-dealkylation sites (N-methyl/N-ethyl adjacent to an activating group) is 1. The maximum absolute atomic E-state index is 5.35. The molecule has 108 valence electrons. The molecule has 0 spiro atoms. The summed E-state index contributed by atoms with van der Waals surface area (Å²) in [7, 11) is 5.36. The highest BCUT2D eigenvalue weighted by atomic mass is 16.5. The molecule has 0 heterocycles. The summed E-state index contributed by atoms with van der Waals surface area (Å²) in [5.74, 6) is 1.58. The fraction of sp³-hybridized carbons (Fsp3) is 0.625. The van der Waals surface area contributed by atoms with Gasteiger partial charge in [0.15, 0.2) is 11.5 Å². The van der Waals surface area contributed by atoms with E-state index in [0.717, 1.165) is 24.3 Å². The van der Waals surface area contributed by atoms with Crippen LogP contribution in [0.3, 0.4) is 0 Å². The molecule has 0 amide bonds. The van der Waals surface area contributed by atoms with Crippen LogP contribution in [0.5, 0.6) is 11.5 Å². The molecular weight excluding hydrogens is 238 g/mol. The predicted octanol–water partition coefficient (Wildman–Crippen LogP) is 3.27. The van der Waals surface area contributed by atoms with Crippen LogP contribution in [0.2, 0.25) is 0 Å². The fourth-order valence-electron chi connectivity index (χ4n) is 2.31. The van der Waals surface area contributed by atoms with Gasteiger partial charge < -0.3 is 14.8 Å². The summed E-state index contributed by atoms with van der Waals surface area (Å²) in [6.07, 6.45) is 2.13. The molecule has 1 atom stereocenters. The summed E-state index contributed by atoms with van der Waals surface area (Å²) < 4.78 is 10.6. The van der Waals surface area contributed by atoms with E-state index in [9.17, 15) is 0 Å². The van der Waals surface area contributed by atoms with Crippen LogP contribution in [-0.2, 0) is 6.42 Å². The first-order valence-electron chi connectivity index (χ1n) is 6.78. The quantitative estimate of drug-likeness (QED) is 0.856. The lowest BCUT2D eigenvalue weighted by Gasteiger charge is -2.26. The monoisotopic (exact) mass is 265 g/mol. The maximum Gasteiger partial charge on any atom is 0.160 e. The third-order valence-electron chi connectivity index (χ3n) is 3.20. The highest BCUT2D eigenvalue weighted by Gasteiger charge is 2.18. The van der Waals surface area contributed by atoms with Crippen molar-refractivity contribution in [2.75, 3.05) is 21.3 Å². The number of benzene rings is 1. The molecule has 0 aliphatic carbocycles. The summed E-state index contributed by atoms with van der Waals surface area (Å²) in [4.78, 5) is 0. The summed E-state index contributed by atoms with van der Waals surface area (Å²) in [6, 6.07) is 6.61. The number of ether oxygens (including phenoxy) is 2. The van der Waals surface area contributed by atoms with Gasteiger partial charge in [-0.25, -0.2) is 0 Å². The van der Waals surface area contributed by atoms with Gasteiger partial charge in [0.2, 0.25) is 0 Å². The second-order valence-electron chi connectivity index (χ2n) is 6.14. The number of rotatable bonds is 6. The molecule has 1 aromatic carbocycles. The SMILES string of the molecule is CNC(Cc1ccc(OC)c(OC)c1)CC(C)(C)C. The fourth-order valence-corrected chi connectivity index (χ4v) is 2.31. The molecule has 1 N–H and O–H groups in total. The zero-order valence-electron chi connectivity index (χ0n) is 13.0. The van der Waals surface area contributed by atoms with Crippen LogP contribution in [-0.4, -0.2) is 27.3 Å². The van der Waals surface area contributed by atoms with Crippen LogP contribution < -0.4 is 14.8 Å². The molecule has 0 aromatic heterocycles. The highest BCUT2D eigenvalue weighted by Crippen LogP contribution is 2.29. The van der Waals surface area contributed by atoms with Crippen molar-refractivity contribution < 1.29 is 9.47 Å². The molecule has 0 saturated heterocycles. The lowest BCUT2D eigenvalue weighted by molar-refractivity contribution is 0.315. The van der Waals surface area contributed by atoms with Crippen LogP contribution in [0, 0.1) is 5.41 Å². The van der Waals surface area contributed by atoms with Gasteiger partial charge in [0, 0.05) is 6.04 Å². The molecule has 0 bridgehead atoms. The van der Waals surface area contributed by atoms with E-state index in [2.05, 4.69) is 38.2 Å². The molecule has 0 aliphatic heterocycles. The van der Waals surface area contributed by atoms with Gasteiger partial charge in [0.05, 0.1) is 14.2 Å². The van der Waals surface area contributed by atoms with E-state index in [1.807, 2.05) is 13.1 Å². The molecule has 3 nitrogen and oxygen atoms in total. The second-order valence-corrected chi connectivity index (χ2v) is 6.14. The topological polar surface area (TPSA) is 30.5 Å². The smallest absolute Gasteiger partial charge is 0.160 e. The van der Waals surface area contributed by atoms with Crippen molar-refractivity contribution in [2.45, 2.75) is 39.7 Å². The molecule has 1 aromatic rings. The molecule has 0 fully saturated rings. The van der Waals surface area contributed by atoms with Gasteiger partial charge in [-0.05, 0) is 43.0 Å². The molecule has 0 aliphatic rings. The molecule has 0 radical (unpaired) electrons. The first-order valence-corrected chi connectivity index (χ1v) is 6.78. The standard InChI is InChI=1S/C16H27NO2/c1-16(2,3)11-13(17-4)9-12-7-8-14(18-5)15(10-12)19-6/h7-8,10,13,17H,9,11H2,1-6H3. The lowest BCUT2D eigenvalue weighted by Crippen LogP contribution is -2.32. The minimum absolute atomic E-state index is 0.324. The van der Waals surface area contributed by atoms with Gasteiger partial charge in [0.1, 0.15) is 0 Å². The molecule has 1 rings (SSSR count). The van der Waals surface area contributed by atoms with Gasteiger partial charge >= 0.3 is 0 Å². The second kappa shape index (κ2) is 6.80. The van der Waals surface area contributed by atoms with E-state index in [1.54, 1.807) is 14.2 Å². The third-order valence-corrected chi connectivity index (χ3v) is 3.20. The summed E-state index contributed by atoms with van der Waals surface area (Å²) >= 11 is 0. The van der Waals surface area contributed by atoms with Crippen molar-refractivity contribution in [1.29, 1.82) is 0 Å². The first-order chi connectivity index (χ1) is 8.89. The minimum atomic E-state index is 0.324. The predicted molar refractivity (Wildman–Crippen MR) is 80.2 cm³/mol. The normalized spacial score (nSPS) is 13.2. The third kappa shape index (κ3) is 5.11. The van der Waals surface area contributed by atoms with E-state index in [1.165, 1.54) is 5.56 Å². The molecule has 1 unspecified atom stereocenters. The maximum atomic E-state index is 5.35. The van der Waals surface area contributed by atoms with E-state index in [0.29, 0.717) is 11.5 Å². The molecule has 3 heteroatoms. The zero-order chi connectivity index (χ0) is 14.5. The Hall–Kier alpha value is -1.22. The van der Waals surface area contributed by atoms with Crippen molar-refractivity contribution in [1.82, 2.24) is 5.32 Å². The molecular formula is C16H27NO2. The Balaban J connectivity index is 2.80. The van der Waals surface area contributed by atoms with Crippen LogP contribution in [0.25, 0.3) is 0 Å². The van der Waals surface area contributed by atoms with E-state index >= 15 is 0 Å². The largest absolute Gasteiger partial charge is 0.493 e. The Morgan fingerprint density at radius 3 is 2.21 bits per heavy atom. The van der Waals surface area contributed by atoms with Crippen LogP contribution in [0.15, 0.2) is 18.2 Å². The van der Waals surface area contributed by atoms with Gasteiger partial charge in [-0.3, -0.25) is 0 Å². The van der Waals surface area contributed by atoms with Crippen LogP contribution in [0.4, 0.5) is 0 Å². The Kier molecular flexibility index (Phi) is 5.67. The van der Waals surface area contributed by atoms with Crippen molar-refractivity contribution in [3.63, 3.8) is 0 Å². The number of hydrogen-bond acceptors (Lipinski definition) is 3. The number of methoxy groups -OCH3 is 2. The summed E-state index contributed by atoms with van der Waals surface area (Å²) in [5.41, 5.74) is 1.59. The minimum Gasteiger partial charge on any atom is -0.493 e. The zero-order valence-corrected chi connectivity index (χ0v) is 13.0. The van der Waals surface area contributed by atoms with E-state index in [4.69, 9.17) is 9.47 Å². The Bertz CT molecular complexity index is 396. The van der Waals surface area contributed by atoms with Gasteiger partial charge in [0.25, 0.3) is 0 Å². The van der Waals surface area contributed by atoms with Crippen molar-refractivity contribution >= 4 is 0 Å². The first kappa shape index (κ1) is 15.8. The van der Waals surface area contributed by atoms with E-state index in [-0.39, 0.29) is 0 Å². The van der Waals surface area contributed by atoms with Gasteiger partial charge in [-0.2, -0.15) is 0 Å². The number of nitrogens with one attached hydrogen (secondary N) is 1. The molecule has 19 heavy (non-hydrogen) atoms. The summed E-state index contributed by atoms with van der Waals surface area (Å²) in [5, 5.41) is 3.40. The Labute approximate surface area is 117 Å². The van der Waals surface area contributed by atoms with Crippen molar-refractivity contribution in [3.05, 3.63) is 23.8 Å². The lowest BCUT2D eigenvalue weighted by atomic mass is 9.86. The summed E-state index contributed by atoms with van der Waals surface area (Å²) in [6.45, 7) is 6.81. The average Bonchev–Trinajstić information content (AvgIpc) is 2.36. The van der Waals surface area contributed by atoms with Crippen molar-refractivity contribution in [2.24, 2.45) is 5.41 Å². The van der Waals surface area contributed by atoms with Crippen molar-refractivity contribution in [3.8, 4) is 11.5 Å². The van der Waals surface area contributed by atoms with Gasteiger partial charge in [-0.15, -0.1) is 0 Å². The number of hydrogen-bond donors (Lipinski definition) is 1. The molecule has 0 saturated carbocycles. The Morgan fingerprint density at radius 1 is 1.11 bits per heavy atom.